The fraction of sp³-hybridized carbons (Fsp3) is 0. The number of hydrogen-bond acceptors (Lipinski definition) is 2. The van der Waals surface area contributed by atoms with Crippen molar-refractivity contribution in [2.45, 2.75) is 0 Å². The lowest BCUT2D eigenvalue weighted by atomic mass is 9.81. The second kappa shape index (κ2) is 11.6. The van der Waals surface area contributed by atoms with Crippen molar-refractivity contribution in [3.8, 4) is 90.0 Å². The summed E-state index contributed by atoms with van der Waals surface area (Å²) in [5.41, 5.74) is 16.4. The second-order valence-electron chi connectivity index (χ2n) is 14.3. The highest BCUT2D eigenvalue weighted by molar-refractivity contribution is 6.30. The zero-order chi connectivity index (χ0) is 37.7. The Balaban J connectivity index is 1.28. The van der Waals surface area contributed by atoms with E-state index in [1.165, 1.54) is 33.0 Å². The van der Waals surface area contributed by atoms with Crippen LogP contribution in [0.4, 0.5) is 11.4 Å². The molecular weight excluding hydrogens is 681 g/mol. The van der Waals surface area contributed by atoms with Gasteiger partial charge in [-0.15, -0.1) is 0 Å². The first-order chi connectivity index (χ1) is 27.6. The summed E-state index contributed by atoms with van der Waals surface area (Å²) in [4.78, 5) is 7.92. The molecule has 0 saturated heterocycles. The molecule has 0 amide bonds. The molecule has 0 N–H and O–H groups in total. The molecule has 56 heavy (non-hydrogen) atoms. The number of fused-ring (bicyclic) bond motifs is 7. The van der Waals surface area contributed by atoms with Crippen LogP contribution in [-0.4, -0.2) is 0 Å². The SMILES string of the molecule is [C-]#[N+]c1cc(C#N)ccc1-c1c2c(c(-c3ccc(C#N)cc3[N+]#[C-])c3ccccc13)-c1ccc(-c3ccc4c5c(cccc35)-c3ccccc3-4)c3cccc-2c13. The smallest absolute Gasteiger partial charge is 0.196 e. The maximum absolute atomic E-state index is 9.78. The van der Waals surface area contributed by atoms with Crippen molar-refractivity contribution >= 4 is 43.7 Å². The van der Waals surface area contributed by atoms with E-state index in [1.807, 2.05) is 24.3 Å². The summed E-state index contributed by atoms with van der Waals surface area (Å²) in [7, 11) is 0. The van der Waals surface area contributed by atoms with Crippen molar-refractivity contribution in [3.63, 3.8) is 0 Å². The van der Waals surface area contributed by atoms with Crippen LogP contribution in [0.2, 0.25) is 0 Å². The number of nitriles is 2. The highest BCUT2D eigenvalue weighted by atomic mass is 14.7. The zero-order valence-corrected chi connectivity index (χ0v) is 29.6. The van der Waals surface area contributed by atoms with E-state index < -0.39 is 0 Å². The molecular formula is C52H24N4. The minimum absolute atomic E-state index is 0.405. The second-order valence-corrected chi connectivity index (χ2v) is 14.3. The summed E-state index contributed by atoms with van der Waals surface area (Å²) >= 11 is 0. The Bertz CT molecular complexity index is 3310. The minimum atomic E-state index is 0.405. The molecule has 0 spiro atoms. The molecule has 11 rings (SSSR count). The van der Waals surface area contributed by atoms with Gasteiger partial charge in [-0.25, -0.2) is 9.69 Å². The maximum atomic E-state index is 9.78. The fourth-order valence-corrected chi connectivity index (χ4v) is 9.45. The molecule has 0 atom stereocenters. The van der Waals surface area contributed by atoms with Crippen LogP contribution in [0.1, 0.15) is 11.1 Å². The van der Waals surface area contributed by atoms with Crippen LogP contribution in [0.25, 0.3) is 120 Å². The van der Waals surface area contributed by atoms with Crippen LogP contribution in [0, 0.1) is 35.8 Å². The van der Waals surface area contributed by atoms with E-state index in [1.54, 1.807) is 24.3 Å². The molecule has 0 saturated carbocycles. The molecule has 4 nitrogen and oxygen atoms in total. The normalized spacial score (nSPS) is 11.5. The van der Waals surface area contributed by atoms with E-state index in [-0.39, 0.29) is 0 Å². The Hall–Kier alpha value is -8.28. The molecule has 0 aliphatic heterocycles. The van der Waals surface area contributed by atoms with Gasteiger partial charge in [-0.1, -0.05) is 121 Å². The Kier molecular flexibility index (Phi) is 6.48. The molecule has 252 valence electrons. The van der Waals surface area contributed by atoms with Gasteiger partial charge in [-0.2, -0.15) is 10.5 Å². The van der Waals surface area contributed by atoms with Crippen LogP contribution in [0.15, 0.2) is 146 Å². The van der Waals surface area contributed by atoms with Gasteiger partial charge in [0.05, 0.1) is 25.3 Å². The summed E-state index contributed by atoms with van der Waals surface area (Å²) in [6.45, 7) is 16.5. The molecule has 0 radical (unpaired) electrons. The van der Waals surface area contributed by atoms with E-state index in [0.29, 0.717) is 22.5 Å². The van der Waals surface area contributed by atoms with E-state index in [9.17, 15) is 10.5 Å². The van der Waals surface area contributed by atoms with Gasteiger partial charge >= 0.3 is 0 Å². The first-order valence-electron chi connectivity index (χ1n) is 18.3. The van der Waals surface area contributed by atoms with Gasteiger partial charge in [0.2, 0.25) is 0 Å². The van der Waals surface area contributed by atoms with Crippen LogP contribution in [0.5, 0.6) is 0 Å². The van der Waals surface area contributed by atoms with Crippen LogP contribution >= 0.6 is 0 Å². The van der Waals surface area contributed by atoms with Crippen molar-refractivity contribution in [2.24, 2.45) is 0 Å². The lowest BCUT2D eigenvalue weighted by molar-refractivity contribution is 1.48. The van der Waals surface area contributed by atoms with Crippen LogP contribution < -0.4 is 0 Å². The van der Waals surface area contributed by atoms with E-state index >= 15 is 0 Å². The largest absolute Gasteiger partial charge is 0.237 e. The average Bonchev–Trinajstić information content (AvgIpc) is 3.77. The predicted octanol–water partition coefficient (Wildman–Crippen LogP) is 14.3. The summed E-state index contributed by atoms with van der Waals surface area (Å²) in [5, 5.41) is 26.1. The average molecular weight is 705 g/mol. The van der Waals surface area contributed by atoms with E-state index in [2.05, 4.69) is 119 Å². The standard InChI is InChI=1S/C52H24N4/c1-55-45-25-29(27-53)17-19-41(45)49-38-11-5-6-12-39(38)50(42-20-18-30(28-54)26-46(42)56-2)52-44-24-22-34(37-15-8-16-43(48(37)44)51(49)52)33-21-23-40-32-10-4-3-9-31(32)35-13-7-14-36(33)47(35)40/h3-26H. The number of nitrogens with zero attached hydrogens (tertiary/aromatic N) is 4. The number of rotatable bonds is 3. The lowest BCUT2D eigenvalue weighted by Crippen LogP contribution is -1.94. The number of hydrogen-bond donors (Lipinski definition) is 0. The van der Waals surface area contributed by atoms with E-state index in [0.717, 1.165) is 77.2 Å². The molecule has 9 aromatic carbocycles. The van der Waals surface area contributed by atoms with Gasteiger partial charge in [0.1, 0.15) is 0 Å². The maximum Gasteiger partial charge on any atom is 0.196 e. The molecule has 2 aliphatic carbocycles. The molecule has 0 heterocycles. The first kappa shape index (κ1) is 31.3. The molecule has 0 bridgehead atoms. The van der Waals surface area contributed by atoms with Crippen LogP contribution in [-0.2, 0) is 0 Å². The zero-order valence-electron chi connectivity index (χ0n) is 29.6. The van der Waals surface area contributed by atoms with Crippen LogP contribution in [0.3, 0.4) is 0 Å². The predicted molar refractivity (Wildman–Crippen MR) is 226 cm³/mol. The Morgan fingerprint density at radius 2 is 0.714 bits per heavy atom. The van der Waals surface area contributed by atoms with Gasteiger partial charge in [0.25, 0.3) is 0 Å². The fourth-order valence-electron chi connectivity index (χ4n) is 9.45. The molecule has 9 aromatic rings. The molecule has 0 fully saturated rings. The van der Waals surface area contributed by atoms with Crippen molar-refractivity contribution in [3.05, 3.63) is 180 Å². The van der Waals surface area contributed by atoms with Crippen molar-refractivity contribution in [1.82, 2.24) is 0 Å². The first-order valence-corrected chi connectivity index (χ1v) is 18.3. The molecule has 4 heteroatoms. The third-order valence-electron chi connectivity index (χ3n) is 11.7. The molecule has 0 unspecified atom stereocenters. The third kappa shape index (κ3) is 4.08. The third-order valence-corrected chi connectivity index (χ3v) is 11.7. The van der Waals surface area contributed by atoms with E-state index in [4.69, 9.17) is 13.1 Å². The number of benzene rings is 9. The summed E-state index contributed by atoms with van der Waals surface area (Å²) < 4.78 is 0. The summed E-state index contributed by atoms with van der Waals surface area (Å²) in [6.07, 6.45) is 0. The highest BCUT2D eigenvalue weighted by Crippen LogP contribution is 2.60. The lowest BCUT2D eigenvalue weighted by Gasteiger charge is -2.22. The van der Waals surface area contributed by atoms with Gasteiger partial charge in [-0.3, -0.25) is 0 Å². The Morgan fingerprint density at radius 1 is 0.339 bits per heavy atom. The van der Waals surface area contributed by atoms with Gasteiger partial charge in [0.15, 0.2) is 11.4 Å². The topological polar surface area (TPSA) is 56.3 Å². The Morgan fingerprint density at radius 3 is 1.23 bits per heavy atom. The molecule has 0 aromatic heterocycles. The quantitative estimate of drug-likeness (QED) is 0.172. The highest BCUT2D eigenvalue weighted by Gasteiger charge is 2.33. The van der Waals surface area contributed by atoms with Gasteiger partial charge < -0.3 is 0 Å². The summed E-state index contributed by atoms with van der Waals surface area (Å²) in [6, 6.07) is 54.0. The van der Waals surface area contributed by atoms with Gasteiger partial charge in [0, 0.05) is 11.1 Å². The Labute approximate surface area is 322 Å². The van der Waals surface area contributed by atoms with Crippen molar-refractivity contribution in [2.75, 3.05) is 0 Å². The summed E-state index contributed by atoms with van der Waals surface area (Å²) in [5.74, 6) is 0. The van der Waals surface area contributed by atoms with Crippen molar-refractivity contribution in [1.29, 1.82) is 10.5 Å². The van der Waals surface area contributed by atoms with Gasteiger partial charge in [-0.05, 0) is 134 Å². The monoisotopic (exact) mass is 704 g/mol. The minimum Gasteiger partial charge on any atom is -0.237 e. The van der Waals surface area contributed by atoms with Crippen molar-refractivity contribution < 1.29 is 0 Å². The molecule has 2 aliphatic rings.